The van der Waals surface area contributed by atoms with Crippen LogP contribution in [0.4, 0.5) is 4.39 Å². The maximum absolute atomic E-state index is 14.2. The first-order valence-electron chi connectivity index (χ1n) is 8.20. The number of carbonyl (C=O) groups excluding carboxylic acids is 1. The Labute approximate surface area is 144 Å². The first-order chi connectivity index (χ1) is 12.0. The summed E-state index contributed by atoms with van der Waals surface area (Å²) in [6, 6.07) is 6.12. The number of benzene rings is 1. The van der Waals surface area contributed by atoms with Crippen LogP contribution in [0.15, 0.2) is 29.1 Å². The van der Waals surface area contributed by atoms with Crippen LogP contribution < -0.4 is 5.69 Å². The van der Waals surface area contributed by atoms with Gasteiger partial charge < -0.3 is 9.64 Å². The van der Waals surface area contributed by atoms with Crippen LogP contribution in [0, 0.1) is 5.82 Å². The molecular formula is C17H21FN4O3. The summed E-state index contributed by atoms with van der Waals surface area (Å²) in [5.74, 6) is -0.320. The zero-order valence-electron chi connectivity index (χ0n) is 14.2. The summed E-state index contributed by atoms with van der Waals surface area (Å²) in [5.41, 5.74) is -1.57. The average Bonchev–Trinajstić information content (AvgIpc) is 3.07. The van der Waals surface area contributed by atoms with E-state index in [4.69, 9.17) is 4.74 Å². The van der Waals surface area contributed by atoms with Crippen molar-refractivity contribution in [2.24, 2.45) is 0 Å². The minimum atomic E-state index is -1.41. The molecule has 1 saturated heterocycles. The maximum Gasteiger partial charge on any atom is 0.340 e. The van der Waals surface area contributed by atoms with Crippen molar-refractivity contribution in [3.05, 3.63) is 52.0 Å². The molecule has 2 unspecified atom stereocenters. The van der Waals surface area contributed by atoms with Crippen molar-refractivity contribution in [1.29, 1.82) is 0 Å². The van der Waals surface area contributed by atoms with Gasteiger partial charge in [0.25, 0.3) is 5.91 Å². The van der Waals surface area contributed by atoms with E-state index in [9.17, 15) is 14.0 Å². The number of aromatic nitrogens is 3. The van der Waals surface area contributed by atoms with E-state index in [1.165, 1.54) is 13.2 Å². The highest BCUT2D eigenvalue weighted by Crippen LogP contribution is 2.32. The van der Waals surface area contributed by atoms with E-state index in [0.29, 0.717) is 18.9 Å². The third-order valence-electron chi connectivity index (χ3n) is 4.82. The topological polar surface area (TPSA) is 91.1 Å². The molecule has 7 nitrogen and oxygen atoms in total. The highest BCUT2D eigenvalue weighted by molar-refractivity contribution is 5.86. The molecule has 2 aromatic rings. The summed E-state index contributed by atoms with van der Waals surface area (Å²) in [6.07, 6.45) is 1.58. The van der Waals surface area contributed by atoms with Crippen LogP contribution in [0.1, 0.15) is 37.1 Å². The first kappa shape index (κ1) is 17.3. The van der Waals surface area contributed by atoms with Crippen molar-refractivity contribution in [3.8, 4) is 0 Å². The van der Waals surface area contributed by atoms with E-state index < -0.39 is 11.4 Å². The maximum atomic E-state index is 14.2. The van der Waals surface area contributed by atoms with Crippen LogP contribution in [-0.2, 0) is 15.1 Å². The number of amides is 1. The molecule has 1 aliphatic heterocycles. The van der Waals surface area contributed by atoms with Gasteiger partial charge >= 0.3 is 5.69 Å². The minimum absolute atomic E-state index is 0.0709. The van der Waals surface area contributed by atoms with Gasteiger partial charge in [0.15, 0.2) is 5.60 Å². The molecule has 1 aliphatic rings. The molecule has 0 spiro atoms. The predicted octanol–water partition coefficient (Wildman–Crippen LogP) is 1.50. The number of H-pyrrole nitrogens is 2. The molecular weight excluding hydrogens is 327 g/mol. The number of nitrogens with one attached hydrogen (secondary N) is 2. The highest BCUT2D eigenvalue weighted by Gasteiger charge is 2.42. The number of hydrogen-bond donors (Lipinski definition) is 2. The summed E-state index contributed by atoms with van der Waals surface area (Å²) < 4.78 is 19.7. The standard InChI is InChI=1S/C17H21FN4O3/c1-17(25-2,12-7-3-4-8-13(12)18)15(23)22-9-5-6-11(10-22)14-19-16(24)21-20-14/h3-4,7-8,11H,5-6,9-10H2,1-2H3,(H2,19,20,21,24). The van der Waals surface area contributed by atoms with Gasteiger partial charge in [0.1, 0.15) is 11.6 Å². The lowest BCUT2D eigenvalue weighted by molar-refractivity contribution is -0.156. The van der Waals surface area contributed by atoms with E-state index >= 15 is 0 Å². The van der Waals surface area contributed by atoms with Gasteiger partial charge in [0.2, 0.25) is 0 Å². The number of halogens is 1. The molecule has 2 atom stereocenters. The fraction of sp³-hybridized carbons (Fsp3) is 0.471. The summed E-state index contributed by atoms with van der Waals surface area (Å²) in [6.45, 7) is 2.53. The highest BCUT2D eigenvalue weighted by atomic mass is 19.1. The van der Waals surface area contributed by atoms with E-state index in [1.54, 1.807) is 30.0 Å². The summed E-state index contributed by atoms with van der Waals surface area (Å²) in [5, 5.41) is 6.31. The van der Waals surface area contributed by atoms with Crippen LogP contribution in [-0.4, -0.2) is 46.2 Å². The Morgan fingerprint density at radius 3 is 2.84 bits per heavy atom. The third-order valence-corrected chi connectivity index (χ3v) is 4.82. The zero-order chi connectivity index (χ0) is 18.0. The summed E-state index contributed by atoms with van der Waals surface area (Å²) in [4.78, 5) is 28.7. The Bertz CT molecular complexity index is 818. The van der Waals surface area contributed by atoms with Crippen molar-refractivity contribution in [1.82, 2.24) is 20.1 Å². The molecule has 0 saturated carbocycles. The number of likely N-dealkylation sites (tertiary alicyclic amines) is 1. The smallest absolute Gasteiger partial charge is 0.340 e. The molecule has 1 amide bonds. The van der Waals surface area contributed by atoms with Crippen LogP contribution in [0.25, 0.3) is 0 Å². The number of nitrogens with zero attached hydrogens (tertiary/aromatic N) is 2. The molecule has 1 fully saturated rings. The molecule has 25 heavy (non-hydrogen) atoms. The lowest BCUT2D eigenvalue weighted by Gasteiger charge is -2.38. The van der Waals surface area contributed by atoms with Gasteiger partial charge in [-0.2, -0.15) is 5.10 Å². The van der Waals surface area contributed by atoms with Crippen molar-refractivity contribution in [2.75, 3.05) is 20.2 Å². The predicted molar refractivity (Wildman–Crippen MR) is 88.5 cm³/mol. The van der Waals surface area contributed by atoms with Gasteiger partial charge in [-0.15, -0.1) is 0 Å². The largest absolute Gasteiger partial charge is 0.364 e. The quantitative estimate of drug-likeness (QED) is 0.876. The van der Waals surface area contributed by atoms with Crippen molar-refractivity contribution in [3.63, 3.8) is 0 Å². The minimum Gasteiger partial charge on any atom is -0.364 e. The van der Waals surface area contributed by atoms with E-state index in [1.807, 2.05) is 0 Å². The Morgan fingerprint density at radius 2 is 2.20 bits per heavy atom. The number of aromatic amines is 2. The number of methoxy groups -OCH3 is 1. The molecule has 1 aromatic carbocycles. The lowest BCUT2D eigenvalue weighted by Crippen LogP contribution is -2.50. The van der Waals surface area contributed by atoms with Gasteiger partial charge in [0, 0.05) is 31.7 Å². The SMILES string of the molecule is COC(C)(C(=O)N1CCCC(c2n[nH]c(=O)[nH]2)C1)c1ccccc1F. The van der Waals surface area contributed by atoms with Crippen LogP contribution in [0.3, 0.4) is 0 Å². The van der Waals surface area contributed by atoms with E-state index in [0.717, 1.165) is 12.8 Å². The lowest BCUT2D eigenvalue weighted by atomic mass is 9.90. The van der Waals surface area contributed by atoms with E-state index in [-0.39, 0.29) is 23.1 Å². The fourth-order valence-electron chi connectivity index (χ4n) is 3.32. The second-order valence-corrected chi connectivity index (χ2v) is 6.37. The molecule has 1 aromatic heterocycles. The molecule has 2 N–H and O–H groups in total. The van der Waals surface area contributed by atoms with Crippen molar-refractivity contribution >= 4 is 5.91 Å². The van der Waals surface area contributed by atoms with Crippen LogP contribution >= 0.6 is 0 Å². The second kappa shape index (κ2) is 6.79. The molecule has 2 heterocycles. The normalized spacial score (nSPS) is 20.3. The number of hydrogen-bond acceptors (Lipinski definition) is 4. The molecule has 8 heteroatoms. The molecule has 3 rings (SSSR count). The Hall–Kier alpha value is -2.48. The van der Waals surface area contributed by atoms with Crippen LogP contribution in [0.2, 0.25) is 0 Å². The Balaban J connectivity index is 1.85. The monoisotopic (exact) mass is 348 g/mol. The number of rotatable bonds is 4. The number of piperidine rings is 1. The van der Waals surface area contributed by atoms with Gasteiger partial charge in [-0.1, -0.05) is 18.2 Å². The number of ether oxygens (including phenoxy) is 1. The molecule has 0 radical (unpaired) electrons. The van der Waals surface area contributed by atoms with E-state index in [2.05, 4.69) is 15.2 Å². The molecule has 0 bridgehead atoms. The van der Waals surface area contributed by atoms with Crippen molar-refractivity contribution in [2.45, 2.75) is 31.3 Å². The molecule has 134 valence electrons. The fourth-order valence-corrected chi connectivity index (χ4v) is 3.32. The third kappa shape index (κ3) is 3.21. The van der Waals surface area contributed by atoms with Gasteiger partial charge in [-0.3, -0.25) is 9.78 Å². The Kier molecular flexibility index (Phi) is 4.71. The van der Waals surface area contributed by atoms with Gasteiger partial charge in [0.05, 0.1) is 0 Å². The average molecular weight is 348 g/mol. The van der Waals surface area contributed by atoms with Gasteiger partial charge in [-0.05, 0) is 25.8 Å². The van der Waals surface area contributed by atoms with Crippen molar-refractivity contribution < 1.29 is 13.9 Å². The van der Waals surface area contributed by atoms with Crippen LogP contribution in [0.5, 0.6) is 0 Å². The first-order valence-corrected chi connectivity index (χ1v) is 8.20. The summed E-state index contributed by atoms with van der Waals surface area (Å²) >= 11 is 0. The number of carbonyl (C=O) groups is 1. The molecule has 0 aliphatic carbocycles. The summed E-state index contributed by atoms with van der Waals surface area (Å²) in [7, 11) is 1.40. The van der Waals surface area contributed by atoms with Gasteiger partial charge in [-0.25, -0.2) is 14.3 Å². The second-order valence-electron chi connectivity index (χ2n) is 6.37. The zero-order valence-corrected chi connectivity index (χ0v) is 14.2. The Morgan fingerprint density at radius 1 is 1.44 bits per heavy atom.